The minimum atomic E-state index is 0.00857. The lowest BCUT2D eigenvalue weighted by atomic mass is 9.76. The van der Waals surface area contributed by atoms with Gasteiger partial charge in [0.05, 0.1) is 12.8 Å². The highest BCUT2D eigenvalue weighted by Gasteiger charge is 2.34. The Labute approximate surface area is 125 Å². The average Bonchev–Trinajstić information content (AvgIpc) is 2.74. The third-order valence-corrected chi connectivity index (χ3v) is 4.20. The van der Waals surface area contributed by atoms with Gasteiger partial charge in [-0.05, 0) is 37.0 Å². The molecule has 0 atom stereocenters. The van der Waals surface area contributed by atoms with E-state index in [-0.39, 0.29) is 11.2 Å². The molecule has 1 aromatic carbocycles. The topological polar surface area (TPSA) is 31.2 Å². The lowest BCUT2D eigenvalue weighted by molar-refractivity contribution is 0.0911. The minimum Gasteiger partial charge on any atom is -0.495 e. The van der Waals surface area contributed by atoms with Crippen LogP contribution in [0, 0.1) is 12.3 Å². The summed E-state index contributed by atoms with van der Waals surface area (Å²) in [5.41, 5.74) is 4.07. The molecule has 0 unspecified atom stereocenters. The van der Waals surface area contributed by atoms with E-state index in [0.717, 1.165) is 34.8 Å². The van der Waals surface area contributed by atoms with Gasteiger partial charge in [-0.15, -0.1) is 0 Å². The molecule has 3 nitrogen and oxygen atoms in total. The summed E-state index contributed by atoms with van der Waals surface area (Å²) in [6, 6.07) is 9.97. The first kappa shape index (κ1) is 13.9. The number of para-hydroxylation sites is 2. The number of Topliss-reactive ketones (excluding diaryl/α,β-unsaturated/α-hetero) is 1. The lowest BCUT2D eigenvalue weighted by Gasteiger charge is -2.30. The average molecular weight is 283 g/mol. The van der Waals surface area contributed by atoms with Crippen LogP contribution in [0.15, 0.2) is 30.3 Å². The fourth-order valence-corrected chi connectivity index (χ4v) is 3.30. The standard InChI is InChI=1S/C18H21NO2/c1-12-9-13-15(10-18(2,3)11-16(13)20)19(12)14-7-5-6-8-17(14)21-4/h5-9H,10-11H2,1-4H3. The van der Waals surface area contributed by atoms with Gasteiger partial charge in [0, 0.05) is 23.4 Å². The van der Waals surface area contributed by atoms with Gasteiger partial charge in [-0.25, -0.2) is 0 Å². The summed E-state index contributed by atoms with van der Waals surface area (Å²) in [6.07, 6.45) is 1.52. The molecule has 1 aromatic heterocycles. The number of benzene rings is 1. The molecule has 0 fully saturated rings. The Balaban J connectivity index is 2.24. The summed E-state index contributed by atoms with van der Waals surface area (Å²) in [7, 11) is 1.68. The van der Waals surface area contributed by atoms with E-state index in [1.54, 1.807) is 7.11 Å². The van der Waals surface area contributed by atoms with Crippen molar-refractivity contribution in [1.29, 1.82) is 0 Å². The van der Waals surface area contributed by atoms with Crippen LogP contribution in [0.1, 0.15) is 42.0 Å². The fraction of sp³-hybridized carbons (Fsp3) is 0.389. The minimum absolute atomic E-state index is 0.00857. The van der Waals surface area contributed by atoms with E-state index in [0.29, 0.717) is 6.42 Å². The van der Waals surface area contributed by atoms with Crippen LogP contribution in [-0.2, 0) is 6.42 Å². The molecule has 0 aliphatic heterocycles. The number of aryl methyl sites for hydroxylation is 1. The van der Waals surface area contributed by atoms with Crippen LogP contribution in [0.2, 0.25) is 0 Å². The van der Waals surface area contributed by atoms with Crippen molar-refractivity contribution in [2.75, 3.05) is 7.11 Å². The highest BCUT2D eigenvalue weighted by atomic mass is 16.5. The van der Waals surface area contributed by atoms with E-state index < -0.39 is 0 Å². The largest absolute Gasteiger partial charge is 0.495 e. The second kappa shape index (κ2) is 4.76. The van der Waals surface area contributed by atoms with Crippen molar-refractivity contribution in [2.45, 2.75) is 33.6 Å². The number of carbonyl (C=O) groups excluding carboxylic acids is 1. The second-order valence-corrected chi connectivity index (χ2v) is 6.59. The Morgan fingerprint density at radius 1 is 1.19 bits per heavy atom. The van der Waals surface area contributed by atoms with Gasteiger partial charge in [0.2, 0.25) is 0 Å². The first-order valence-electron chi connectivity index (χ1n) is 7.31. The van der Waals surface area contributed by atoms with Crippen LogP contribution in [0.3, 0.4) is 0 Å². The zero-order chi connectivity index (χ0) is 15.2. The van der Waals surface area contributed by atoms with E-state index in [4.69, 9.17) is 4.74 Å². The van der Waals surface area contributed by atoms with Crippen molar-refractivity contribution in [2.24, 2.45) is 5.41 Å². The Morgan fingerprint density at radius 3 is 2.62 bits per heavy atom. The summed E-state index contributed by atoms with van der Waals surface area (Å²) in [5.74, 6) is 1.08. The Hall–Kier alpha value is -2.03. The molecule has 0 radical (unpaired) electrons. The summed E-state index contributed by atoms with van der Waals surface area (Å²) in [5, 5.41) is 0. The van der Waals surface area contributed by atoms with Gasteiger partial charge in [0.1, 0.15) is 5.75 Å². The molecule has 0 N–H and O–H groups in total. The molecule has 0 amide bonds. The van der Waals surface area contributed by atoms with Crippen molar-refractivity contribution < 1.29 is 9.53 Å². The smallest absolute Gasteiger partial charge is 0.165 e. The van der Waals surface area contributed by atoms with Crippen molar-refractivity contribution in [3.05, 3.63) is 47.3 Å². The van der Waals surface area contributed by atoms with Crippen LogP contribution in [0.25, 0.3) is 5.69 Å². The number of fused-ring (bicyclic) bond motifs is 1. The molecule has 1 aliphatic carbocycles. The van der Waals surface area contributed by atoms with E-state index in [1.165, 1.54) is 0 Å². The van der Waals surface area contributed by atoms with Gasteiger partial charge in [0.15, 0.2) is 5.78 Å². The molecule has 0 bridgehead atoms. The lowest BCUT2D eigenvalue weighted by Crippen LogP contribution is -2.27. The van der Waals surface area contributed by atoms with Crippen molar-refractivity contribution in [1.82, 2.24) is 4.57 Å². The van der Waals surface area contributed by atoms with E-state index in [2.05, 4.69) is 18.4 Å². The predicted molar refractivity (Wildman–Crippen MR) is 83.5 cm³/mol. The van der Waals surface area contributed by atoms with Crippen LogP contribution in [0.5, 0.6) is 5.75 Å². The van der Waals surface area contributed by atoms with Crippen LogP contribution >= 0.6 is 0 Å². The molecule has 1 heterocycles. The molecule has 2 aromatic rings. The number of hydrogen-bond acceptors (Lipinski definition) is 2. The molecule has 0 saturated heterocycles. The monoisotopic (exact) mass is 283 g/mol. The van der Waals surface area contributed by atoms with Crippen molar-refractivity contribution in [3.63, 3.8) is 0 Å². The molecule has 110 valence electrons. The third-order valence-electron chi connectivity index (χ3n) is 4.20. The number of methoxy groups -OCH3 is 1. The maximum Gasteiger partial charge on any atom is 0.165 e. The first-order chi connectivity index (χ1) is 9.93. The maximum absolute atomic E-state index is 12.4. The molecule has 3 heteroatoms. The summed E-state index contributed by atoms with van der Waals surface area (Å²) < 4.78 is 7.66. The molecular weight excluding hydrogens is 262 g/mol. The molecular formula is C18H21NO2. The van der Waals surface area contributed by atoms with Gasteiger partial charge >= 0.3 is 0 Å². The molecule has 3 rings (SSSR count). The number of ether oxygens (including phenoxy) is 1. The number of nitrogens with zero attached hydrogens (tertiary/aromatic N) is 1. The van der Waals surface area contributed by atoms with E-state index >= 15 is 0 Å². The van der Waals surface area contributed by atoms with Gasteiger partial charge in [-0.3, -0.25) is 4.79 Å². The molecule has 21 heavy (non-hydrogen) atoms. The van der Waals surface area contributed by atoms with Gasteiger partial charge in [0.25, 0.3) is 0 Å². The summed E-state index contributed by atoms with van der Waals surface area (Å²) in [4.78, 5) is 12.4. The first-order valence-corrected chi connectivity index (χ1v) is 7.31. The Bertz CT molecular complexity index is 710. The molecule has 0 saturated carbocycles. The van der Waals surface area contributed by atoms with E-state index in [9.17, 15) is 4.79 Å². The van der Waals surface area contributed by atoms with Crippen molar-refractivity contribution in [3.8, 4) is 11.4 Å². The third kappa shape index (κ3) is 2.27. The Kier molecular flexibility index (Phi) is 3.16. The maximum atomic E-state index is 12.4. The zero-order valence-electron chi connectivity index (χ0n) is 13.1. The van der Waals surface area contributed by atoms with Gasteiger partial charge in [-0.2, -0.15) is 0 Å². The second-order valence-electron chi connectivity index (χ2n) is 6.59. The number of aromatic nitrogens is 1. The molecule has 1 aliphatic rings. The number of hydrogen-bond donors (Lipinski definition) is 0. The number of rotatable bonds is 2. The van der Waals surface area contributed by atoms with E-state index in [1.807, 2.05) is 37.3 Å². The summed E-state index contributed by atoms with van der Waals surface area (Å²) in [6.45, 7) is 6.36. The fourth-order valence-electron chi connectivity index (χ4n) is 3.30. The van der Waals surface area contributed by atoms with Crippen LogP contribution < -0.4 is 4.74 Å². The number of ketones is 1. The number of carbonyl (C=O) groups is 1. The van der Waals surface area contributed by atoms with Gasteiger partial charge in [-0.1, -0.05) is 26.0 Å². The SMILES string of the molecule is COc1ccccc1-n1c(C)cc2c1CC(C)(C)CC2=O. The van der Waals surface area contributed by atoms with Crippen molar-refractivity contribution >= 4 is 5.78 Å². The van der Waals surface area contributed by atoms with Crippen LogP contribution in [-0.4, -0.2) is 17.5 Å². The Morgan fingerprint density at radius 2 is 1.90 bits per heavy atom. The predicted octanol–water partition coefficient (Wildman–Crippen LogP) is 3.95. The van der Waals surface area contributed by atoms with Crippen LogP contribution in [0.4, 0.5) is 0 Å². The molecule has 0 spiro atoms. The summed E-state index contributed by atoms with van der Waals surface area (Å²) >= 11 is 0. The zero-order valence-corrected chi connectivity index (χ0v) is 13.1. The van der Waals surface area contributed by atoms with Gasteiger partial charge < -0.3 is 9.30 Å². The highest BCUT2D eigenvalue weighted by Crippen LogP contribution is 2.38. The highest BCUT2D eigenvalue weighted by molar-refractivity contribution is 5.99. The quantitative estimate of drug-likeness (QED) is 0.835. The normalized spacial score (nSPS) is 16.7.